The quantitative estimate of drug-likeness (QED) is 0.153. The lowest BCUT2D eigenvalue weighted by Crippen LogP contribution is -2.44. The number of aryl methyl sites for hydroxylation is 1. The maximum Gasteiger partial charge on any atom is 0.343 e. The van der Waals surface area contributed by atoms with Crippen LogP contribution in [0.15, 0.2) is 28.1 Å². The number of hydrogen-bond acceptors (Lipinski definition) is 8. The summed E-state index contributed by atoms with van der Waals surface area (Å²) in [6.07, 6.45) is 1.29. The van der Waals surface area contributed by atoms with E-state index in [1.54, 1.807) is 17.6 Å². The Kier molecular flexibility index (Phi) is 4.73. The number of nitrogens with zero attached hydrogens (tertiary/aromatic N) is 5. The Labute approximate surface area is 198 Å². The summed E-state index contributed by atoms with van der Waals surface area (Å²) in [7, 11) is 0. The normalized spacial score (nSPS) is 19.1. The lowest BCUT2D eigenvalue weighted by atomic mass is 9.86. The molecule has 1 aromatic carbocycles. The number of pyridine rings is 2. The summed E-state index contributed by atoms with van der Waals surface area (Å²) in [6.45, 7) is 2.26. The van der Waals surface area contributed by atoms with Gasteiger partial charge in [-0.15, -0.1) is 0 Å². The van der Waals surface area contributed by atoms with Gasteiger partial charge in [0, 0.05) is 34.0 Å². The molecule has 6 rings (SSSR count). The Morgan fingerprint density at radius 3 is 2.77 bits per heavy atom. The zero-order valence-electron chi connectivity index (χ0n) is 18.9. The Morgan fingerprint density at radius 1 is 1.20 bits per heavy atom. The molecule has 1 N–H and O–H groups in total. The van der Waals surface area contributed by atoms with Crippen LogP contribution < -0.4 is 15.0 Å². The standard InChI is InChI=1S/C24H21N5O6/c1-2-24(32)16-7-18-21-14(9-29(18)22(30)15(16)10-33-23(24)31)12(4-3-5-26-28-25)13-6-19-20(35-11-34-19)8-17(13)27-21/h6-8,32H,2-5,9-11H2,1H3. The van der Waals surface area contributed by atoms with Gasteiger partial charge in [-0.2, -0.15) is 0 Å². The minimum absolute atomic E-state index is 0.0773. The fraction of sp³-hybridized carbons (Fsp3) is 0.375. The predicted molar refractivity (Wildman–Crippen MR) is 123 cm³/mol. The van der Waals surface area contributed by atoms with Crippen molar-refractivity contribution in [2.45, 2.75) is 44.9 Å². The van der Waals surface area contributed by atoms with Crippen molar-refractivity contribution in [3.8, 4) is 22.9 Å². The molecule has 0 radical (unpaired) electrons. The molecule has 3 aliphatic heterocycles. The molecule has 11 heteroatoms. The van der Waals surface area contributed by atoms with Gasteiger partial charge < -0.3 is 23.9 Å². The van der Waals surface area contributed by atoms with Gasteiger partial charge in [-0.05, 0) is 42.5 Å². The number of rotatable bonds is 5. The molecule has 1 unspecified atom stereocenters. The van der Waals surface area contributed by atoms with Crippen molar-refractivity contribution in [1.82, 2.24) is 9.55 Å². The highest BCUT2D eigenvalue weighted by molar-refractivity contribution is 5.91. The third-order valence-electron chi connectivity index (χ3n) is 7.05. The van der Waals surface area contributed by atoms with Gasteiger partial charge in [-0.25, -0.2) is 9.78 Å². The molecule has 0 fully saturated rings. The second-order valence-corrected chi connectivity index (χ2v) is 8.80. The van der Waals surface area contributed by atoms with E-state index in [-0.39, 0.29) is 36.5 Å². The number of cyclic esters (lactones) is 1. The minimum atomic E-state index is -1.88. The number of aromatic nitrogens is 2. The molecule has 35 heavy (non-hydrogen) atoms. The van der Waals surface area contributed by atoms with E-state index in [9.17, 15) is 14.7 Å². The number of carbonyl (C=O) groups excluding carboxylic acids is 1. The third kappa shape index (κ3) is 3.02. The molecular formula is C24H21N5O6. The van der Waals surface area contributed by atoms with Crippen LogP contribution in [0.2, 0.25) is 0 Å². The summed E-state index contributed by atoms with van der Waals surface area (Å²) >= 11 is 0. The van der Waals surface area contributed by atoms with Crippen LogP contribution in [0, 0.1) is 0 Å². The zero-order chi connectivity index (χ0) is 24.3. The number of aliphatic hydroxyl groups is 1. The summed E-state index contributed by atoms with van der Waals surface area (Å²) in [5, 5.41) is 15.6. The largest absolute Gasteiger partial charge is 0.458 e. The van der Waals surface area contributed by atoms with Crippen molar-refractivity contribution in [3.05, 3.63) is 61.2 Å². The van der Waals surface area contributed by atoms with Crippen LogP contribution in [0.1, 0.15) is 42.0 Å². The average molecular weight is 475 g/mol. The van der Waals surface area contributed by atoms with Crippen molar-refractivity contribution >= 4 is 16.9 Å². The van der Waals surface area contributed by atoms with E-state index in [1.807, 2.05) is 12.1 Å². The summed E-state index contributed by atoms with van der Waals surface area (Å²) < 4.78 is 17.9. The van der Waals surface area contributed by atoms with E-state index in [4.69, 9.17) is 24.7 Å². The molecule has 0 saturated carbocycles. The van der Waals surface area contributed by atoms with Gasteiger partial charge in [-0.3, -0.25) is 4.79 Å². The summed E-state index contributed by atoms with van der Waals surface area (Å²) in [5.74, 6) is 0.462. The first kappa shape index (κ1) is 21.5. The van der Waals surface area contributed by atoms with Gasteiger partial charge in [0.15, 0.2) is 17.1 Å². The van der Waals surface area contributed by atoms with E-state index < -0.39 is 11.6 Å². The topological polar surface area (TPSA) is 149 Å². The fourth-order valence-electron chi connectivity index (χ4n) is 5.21. The molecule has 0 spiro atoms. The fourth-order valence-corrected chi connectivity index (χ4v) is 5.21. The van der Waals surface area contributed by atoms with Crippen LogP contribution in [0.4, 0.5) is 0 Å². The number of hydrogen-bond donors (Lipinski definition) is 1. The second-order valence-electron chi connectivity index (χ2n) is 8.80. The van der Waals surface area contributed by atoms with Gasteiger partial charge >= 0.3 is 5.97 Å². The number of esters is 1. The lowest BCUT2D eigenvalue weighted by Gasteiger charge is -2.31. The predicted octanol–water partition coefficient (Wildman–Crippen LogP) is 3.05. The number of benzene rings is 1. The smallest absolute Gasteiger partial charge is 0.343 e. The number of carbonyl (C=O) groups is 1. The highest BCUT2D eigenvalue weighted by atomic mass is 16.7. The number of fused-ring (bicyclic) bond motifs is 6. The third-order valence-corrected chi connectivity index (χ3v) is 7.05. The molecule has 0 saturated heterocycles. The summed E-state index contributed by atoms with van der Waals surface area (Å²) in [4.78, 5) is 33.6. The Balaban J connectivity index is 1.59. The Morgan fingerprint density at radius 2 is 2.00 bits per heavy atom. The Bertz CT molecular complexity index is 1540. The second kappa shape index (κ2) is 7.72. The van der Waals surface area contributed by atoms with Gasteiger partial charge in [-0.1, -0.05) is 12.0 Å². The van der Waals surface area contributed by atoms with Gasteiger partial charge in [0.2, 0.25) is 6.79 Å². The van der Waals surface area contributed by atoms with Crippen molar-refractivity contribution in [2.75, 3.05) is 13.3 Å². The molecule has 5 heterocycles. The summed E-state index contributed by atoms with van der Waals surface area (Å²) in [5.41, 5.74) is 10.7. The SMILES string of the molecule is CCC1(O)C(=O)OCc2c1cc1n(c2=O)Cc2c-1nc1cc3c(cc1c2CCCN=[N+]=[N-])OCO3. The van der Waals surface area contributed by atoms with Crippen molar-refractivity contribution in [3.63, 3.8) is 0 Å². The van der Waals surface area contributed by atoms with Crippen LogP contribution in [0.25, 0.3) is 32.7 Å². The van der Waals surface area contributed by atoms with Crippen LogP contribution in [0.5, 0.6) is 11.5 Å². The molecule has 0 bridgehead atoms. The first-order valence-electron chi connectivity index (χ1n) is 11.4. The molecule has 2 aromatic heterocycles. The van der Waals surface area contributed by atoms with E-state index in [1.165, 1.54) is 0 Å². The highest BCUT2D eigenvalue weighted by Gasteiger charge is 2.45. The van der Waals surface area contributed by atoms with E-state index >= 15 is 0 Å². The molecule has 0 aliphatic carbocycles. The van der Waals surface area contributed by atoms with Crippen molar-refractivity contribution in [2.24, 2.45) is 5.11 Å². The van der Waals surface area contributed by atoms with Gasteiger partial charge in [0.1, 0.15) is 6.61 Å². The van der Waals surface area contributed by atoms with Gasteiger partial charge in [0.05, 0.1) is 29.0 Å². The molecule has 178 valence electrons. The first-order valence-corrected chi connectivity index (χ1v) is 11.4. The van der Waals surface area contributed by atoms with Crippen molar-refractivity contribution < 1.29 is 24.1 Å². The minimum Gasteiger partial charge on any atom is -0.458 e. The molecule has 1 atom stereocenters. The lowest BCUT2D eigenvalue weighted by molar-refractivity contribution is -0.172. The molecule has 3 aliphatic rings. The van der Waals surface area contributed by atoms with Crippen LogP contribution >= 0.6 is 0 Å². The zero-order valence-corrected chi connectivity index (χ0v) is 18.9. The Hall–Kier alpha value is -4.08. The average Bonchev–Trinajstić information content (AvgIpc) is 3.47. The van der Waals surface area contributed by atoms with E-state index in [2.05, 4.69) is 10.0 Å². The van der Waals surface area contributed by atoms with Crippen molar-refractivity contribution in [1.29, 1.82) is 0 Å². The highest BCUT2D eigenvalue weighted by Crippen LogP contribution is 2.43. The number of ether oxygens (including phenoxy) is 3. The van der Waals surface area contributed by atoms with E-state index in [0.29, 0.717) is 54.3 Å². The van der Waals surface area contributed by atoms with Crippen LogP contribution in [-0.4, -0.2) is 34.0 Å². The monoisotopic (exact) mass is 475 g/mol. The first-order chi connectivity index (χ1) is 17.0. The van der Waals surface area contributed by atoms with Crippen LogP contribution in [-0.2, 0) is 34.7 Å². The van der Waals surface area contributed by atoms with Crippen LogP contribution in [0.3, 0.4) is 0 Å². The maximum absolute atomic E-state index is 13.5. The molecular weight excluding hydrogens is 454 g/mol. The molecule has 3 aromatic rings. The molecule has 11 nitrogen and oxygen atoms in total. The number of azide groups is 1. The maximum atomic E-state index is 13.5. The van der Waals surface area contributed by atoms with Gasteiger partial charge in [0.25, 0.3) is 5.56 Å². The summed E-state index contributed by atoms with van der Waals surface area (Å²) in [6, 6.07) is 5.41. The molecule has 0 amide bonds. The van der Waals surface area contributed by atoms with E-state index in [0.717, 1.165) is 16.5 Å².